The van der Waals surface area contributed by atoms with Gasteiger partial charge in [-0.3, -0.25) is 4.68 Å². The summed E-state index contributed by atoms with van der Waals surface area (Å²) in [6.07, 6.45) is 5.13. The summed E-state index contributed by atoms with van der Waals surface area (Å²) < 4.78 is 1.96. The molecular weight excluding hydrogens is 222 g/mol. The number of aromatic nitrogens is 2. The molecule has 18 heavy (non-hydrogen) atoms. The Kier molecular flexibility index (Phi) is 4.53. The van der Waals surface area contributed by atoms with Crippen LogP contribution in [0.25, 0.3) is 0 Å². The maximum atomic E-state index is 4.29. The van der Waals surface area contributed by atoms with Crippen LogP contribution in [0, 0.1) is 0 Å². The minimum atomic E-state index is 0.413. The molecule has 0 aliphatic rings. The van der Waals surface area contributed by atoms with Crippen molar-refractivity contribution in [1.29, 1.82) is 0 Å². The summed E-state index contributed by atoms with van der Waals surface area (Å²) >= 11 is 0. The van der Waals surface area contributed by atoms with Crippen LogP contribution < -0.4 is 5.32 Å². The van der Waals surface area contributed by atoms with E-state index >= 15 is 0 Å². The van der Waals surface area contributed by atoms with Crippen LogP contribution in [0.5, 0.6) is 0 Å². The highest BCUT2D eigenvalue weighted by Crippen LogP contribution is 2.16. The fourth-order valence-corrected chi connectivity index (χ4v) is 2.09. The van der Waals surface area contributed by atoms with Crippen molar-refractivity contribution in [3.8, 4) is 0 Å². The van der Waals surface area contributed by atoms with Crippen molar-refractivity contribution in [2.24, 2.45) is 0 Å². The molecule has 3 nitrogen and oxygen atoms in total. The maximum Gasteiger partial charge on any atom is 0.0534 e. The molecule has 0 aliphatic heterocycles. The third kappa shape index (κ3) is 3.20. The molecule has 0 amide bonds. The highest BCUT2D eigenvalue weighted by Gasteiger charge is 2.08. The summed E-state index contributed by atoms with van der Waals surface area (Å²) in [6.45, 7) is 6.10. The van der Waals surface area contributed by atoms with Crippen molar-refractivity contribution in [3.05, 3.63) is 53.9 Å². The van der Waals surface area contributed by atoms with Gasteiger partial charge in [0.2, 0.25) is 0 Å². The van der Waals surface area contributed by atoms with Crippen molar-refractivity contribution in [2.45, 2.75) is 39.4 Å². The smallest absolute Gasteiger partial charge is 0.0534 e. The van der Waals surface area contributed by atoms with E-state index < -0.39 is 0 Å². The van der Waals surface area contributed by atoms with Gasteiger partial charge < -0.3 is 5.32 Å². The minimum Gasteiger partial charge on any atom is -0.306 e. The maximum absolute atomic E-state index is 4.29. The van der Waals surface area contributed by atoms with E-state index in [1.54, 1.807) is 0 Å². The van der Waals surface area contributed by atoms with Gasteiger partial charge in [0, 0.05) is 30.9 Å². The Morgan fingerprint density at radius 3 is 2.61 bits per heavy atom. The highest BCUT2D eigenvalue weighted by molar-refractivity contribution is 5.19. The SMILES string of the molecule is CCC(NCc1cnn(CC)c1)c1ccccc1. The third-order valence-corrected chi connectivity index (χ3v) is 3.17. The monoisotopic (exact) mass is 243 g/mol. The number of aryl methyl sites for hydroxylation is 1. The lowest BCUT2D eigenvalue weighted by Gasteiger charge is -2.16. The highest BCUT2D eigenvalue weighted by atomic mass is 15.3. The van der Waals surface area contributed by atoms with Crippen LogP contribution >= 0.6 is 0 Å². The van der Waals surface area contributed by atoms with Gasteiger partial charge >= 0.3 is 0 Å². The number of hydrogen-bond donors (Lipinski definition) is 1. The van der Waals surface area contributed by atoms with Crippen LogP contribution in [-0.4, -0.2) is 9.78 Å². The van der Waals surface area contributed by atoms with Crippen LogP contribution in [0.3, 0.4) is 0 Å². The van der Waals surface area contributed by atoms with E-state index in [0.29, 0.717) is 6.04 Å². The van der Waals surface area contributed by atoms with Gasteiger partial charge in [-0.25, -0.2) is 0 Å². The fraction of sp³-hybridized carbons (Fsp3) is 0.400. The lowest BCUT2D eigenvalue weighted by atomic mass is 10.0. The molecule has 96 valence electrons. The fourth-order valence-electron chi connectivity index (χ4n) is 2.09. The molecule has 0 fully saturated rings. The molecule has 0 spiro atoms. The van der Waals surface area contributed by atoms with Crippen LogP contribution in [0.2, 0.25) is 0 Å². The average Bonchev–Trinajstić information content (AvgIpc) is 2.89. The zero-order valence-corrected chi connectivity index (χ0v) is 11.1. The second-order valence-corrected chi connectivity index (χ2v) is 4.46. The van der Waals surface area contributed by atoms with Gasteiger partial charge in [0.05, 0.1) is 6.20 Å². The zero-order chi connectivity index (χ0) is 12.8. The third-order valence-electron chi connectivity index (χ3n) is 3.17. The molecule has 0 saturated heterocycles. The predicted molar refractivity (Wildman–Crippen MR) is 74.2 cm³/mol. The molecule has 1 unspecified atom stereocenters. The lowest BCUT2D eigenvalue weighted by Crippen LogP contribution is -2.19. The Balaban J connectivity index is 1.95. The first-order chi connectivity index (χ1) is 8.83. The predicted octanol–water partition coefficient (Wildman–Crippen LogP) is 3.14. The molecule has 0 radical (unpaired) electrons. The van der Waals surface area contributed by atoms with E-state index in [4.69, 9.17) is 0 Å². The number of rotatable bonds is 6. The number of hydrogen-bond acceptors (Lipinski definition) is 2. The number of nitrogens with one attached hydrogen (secondary N) is 1. The van der Waals surface area contributed by atoms with Crippen molar-refractivity contribution in [2.75, 3.05) is 0 Å². The summed E-state index contributed by atoms with van der Waals surface area (Å²) in [5, 5.41) is 7.87. The molecule has 3 heteroatoms. The lowest BCUT2D eigenvalue weighted by molar-refractivity contribution is 0.518. The standard InChI is InChI=1S/C15H21N3/c1-3-15(14-8-6-5-7-9-14)16-10-13-11-17-18(4-2)12-13/h5-9,11-12,15-16H,3-4,10H2,1-2H3. The molecule has 2 aromatic rings. The van der Waals surface area contributed by atoms with Gasteiger partial charge in [-0.2, -0.15) is 5.10 Å². The van der Waals surface area contributed by atoms with E-state index in [0.717, 1.165) is 19.5 Å². The Morgan fingerprint density at radius 1 is 1.22 bits per heavy atom. The second kappa shape index (κ2) is 6.36. The Bertz CT molecular complexity index is 462. The average molecular weight is 243 g/mol. The first-order valence-electron chi connectivity index (χ1n) is 6.63. The number of benzene rings is 1. The first-order valence-corrected chi connectivity index (χ1v) is 6.63. The van der Waals surface area contributed by atoms with E-state index in [9.17, 15) is 0 Å². The Labute approximate surface area is 109 Å². The van der Waals surface area contributed by atoms with Crippen molar-refractivity contribution in [1.82, 2.24) is 15.1 Å². The number of nitrogens with zero attached hydrogens (tertiary/aromatic N) is 2. The van der Waals surface area contributed by atoms with Crippen LogP contribution in [-0.2, 0) is 13.1 Å². The van der Waals surface area contributed by atoms with Crippen molar-refractivity contribution < 1.29 is 0 Å². The summed E-state index contributed by atoms with van der Waals surface area (Å²) in [4.78, 5) is 0. The molecule has 1 aromatic carbocycles. The molecule has 1 N–H and O–H groups in total. The van der Waals surface area contributed by atoms with Crippen LogP contribution in [0.1, 0.15) is 37.4 Å². The molecule has 1 aromatic heterocycles. The minimum absolute atomic E-state index is 0.413. The van der Waals surface area contributed by atoms with Gasteiger partial charge in [-0.15, -0.1) is 0 Å². The van der Waals surface area contributed by atoms with Crippen molar-refractivity contribution in [3.63, 3.8) is 0 Å². The largest absolute Gasteiger partial charge is 0.306 e. The Hall–Kier alpha value is -1.61. The molecule has 2 rings (SSSR count). The summed E-state index contributed by atoms with van der Waals surface area (Å²) in [5.74, 6) is 0. The normalized spacial score (nSPS) is 12.6. The first kappa shape index (κ1) is 12.8. The molecule has 1 heterocycles. The molecule has 0 bridgehead atoms. The van der Waals surface area contributed by atoms with Gasteiger partial charge in [0.15, 0.2) is 0 Å². The van der Waals surface area contributed by atoms with Gasteiger partial charge in [0.1, 0.15) is 0 Å². The van der Waals surface area contributed by atoms with Crippen LogP contribution in [0.4, 0.5) is 0 Å². The van der Waals surface area contributed by atoms with E-state index in [2.05, 4.69) is 60.8 Å². The van der Waals surface area contributed by atoms with Gasteiger partial charge in [0.25, 0.3) is 0 Å². The summed E-state index contributed by atoms with van der Waals surface area (Å²) in [5.41, 5.74) is 2.59. The molecular formula is C15H21N3. The quantitative estimate of drug-likeness (QED) is 0.844. The van der Waals surface area contributed by atoms with Gasteiger partial charge in [-0.05, 0) is 18.9 Å². The topological polar surface area (TPSA) is 29.9 Å². The van der Waals surface area contributed by atoms with E-state index in [-0.39, 0.29) is 0 Å². The second-order valence-electron chi connectivity index (χ2n) is 4.46. The summed E-state index contributed by atoms with van der Waals surface area (Å²) in [6, 6.07) is 11.0. The summed E-state index contributed by atoms with van der Waals surface area (Å²) in [7, 11) is 0. The molecule has 1 atom stereocenters. The van der Waals surface area contributed by atoms with E-state index in [1.165, 1.54) is 11.1 Å². The van der Waals surface area contributed by atoms with Gasteiger partial charge in [-0.1, -0.05) is 37.3 Å². The Morgan fingerprint density at radius 2 is 2.00 bits per heavy atom. The van der Waals surface area contributed by atoms with Crippen LogP contribution in [0.15, 0.2) is 42.7 Å². The molecule has 0 saturated carbocycles. The zero-order valence-electron chi connectivity index (χ0n) is 11.1. The van der Waals surface area contributed by atoms with Crippen molar-refractivity contribution >= 4 is 0 Å². The molecule has 0 aliphatic carbocycles. The van der Waals surface area contributed by atoms with E-state index in [1.807, 2.05) is 10.9 Å².